The van der Waals surface area contributed by atoms with Crippen LogP contribution in [-0.2, 0) is 6.54 Å². The average molecular weight is 221 g/mol. The monoisotopic (exact) mass is 221 g/mol. The summed E-state index contributed by atoms with van der Waals surface area (Å²) in [6.07, 6.45) is 0.601. The quantitative estimate of drug-likeness (QED) is 0.753. The van der Waals surface area contributed by atoms with Crippen LogP contribution in [-0.4, -0.2) is 18.3 Å². The zero-order chi connectivity index (χ0) is 11.4. The zero-order valence-electron chi connectivity index (χ0n) is 8.98. The van der Waals surface area contributed by atoms with Crippen molar-refractivity contribution in [2.24, 2.45) is 5.73 Å². The number of hydrogen-bond acceptors (Lipinski definition) is 4. The summed E-state index contributed by atoms with van der Waals surface area (Å²) < 4.78 is 11.2. The number of fused-ring (bicyclic) bond motifs is 1. The van der Waals surface area contributed by atoms with Gasteiger partial charge in [0, 0.05) is 13.0 Å². The van der Waals surface area contributed by atoms with Gasteiger partial charge in [-0.3, -0.25) is 0 Å². The number of ether oxygens (including phenoxy) is 1. The summed E-state index contributed by atoms with van der Waals surface area (Å²) in [4.78, 5) is 0. The molecule has 0 spiro atoms. The molecule has 0 aliphatic carbocycles. The van der Waals surface area contributed by atoms with Gasteiger partial charge >= 0.3 is 0 Å². The van der Waals surface area contributed by atoms with E-state index in [4.69, 9.17) is 20.0 Å². The molecular weight excluding hydrogens is 206 g/mol. The van der Waals surface area contributed by atoms with Crippen molar-refractivity contribution in [2.45, 2.75) is 13.0 Å². The van der Waals surface area contributed by atoms with Crippen molar-refractivity contribution in [2.75, 3.05) is 13.2 Å². The second kappa shape index (κ2) is 5.01. The van der Waals surface area contributed by atoms with Gasteiger partial charge in [-0.25, -0.2) is 0 Å². The molecule has 16 heavy (non-hydrogen) atoms. The number of benzene rings is 1. The first-order valence-electron chi connectivity index (χ1n) is 5.31. The molecule has 4 heteroatoms. The van der Waals surface area contributed by atoms with Gasteiger partial charge in [-0.1, -0.05) is 12.1 Å². The minimum Gasteiger partial charge on any atom is -0.489 e. The van der Waals surface area contributed by atoms with Crippen molar-refractivity contribution in [3.05, 3.63) is 30.0 Å². The van der Waals surface area contributed by atoms with Crippen LogP contribution in [0.25, 0.3) is 11.0 Å². The fraction of sp³-hybridized carbons (Fsp3) is 0.333. The van der Waals surface area contributed by atoms with Crippen molar-refractivity contribution in [1.82, 2.24) is 0 Å². The molecule has 3 N–H and O–H groups in total. The average Bonchev–Trinajstić information content (AvgIpc) is 2.68. The fourth-order valence-corrected chi connectivity index (χ4v) is 1.60. The number of hydrogen-bond donors (Lipinski definition) is 2. The number of aliphatic hydroxyl groups is 1. The largest absolute Gasteiger partial charge is 0.489 e. The Labute approximate surface area is 93.6 Å². The molecule has 1 aromatic heterocycles. The Morgan fingerprint density at radius 3 is 2.88 bits per heavy atom. The Balaban J connectivity index is 2.32. The van der Waals surface area contributed by atoms with E-state index in [-0.39, 0.29) is 6.61 Å². The third-order valence-corrected chi connectivity index (χ3v) is 2.35. The minimum atomic E-state index is 0.119. The summed E-state index contributed by atoms with van der Waals surface area (Å²) in [6.45, 7) is 0.893. The van der Waals surface area contributed by atoms with Crippen molar-refractivity contribution < 1.29 is 14.3 Å². The predicted molar refractivity (Wildman–Crippen MR) is 61.3 cm³/mol. The Morgan fingerprint density at radius 2 is 2.12 bits per heavy atom. The van der Waals surface area contributed by atoms with Crippen LogP contribution in [0.5, 0.6) is 5.75 Å². The minimum absolute atomic E-state index is 0.119. The molecular formula is C12H15NO3. The molecule has 0 saturated carbocycles. The van der Waals surface area contributed by atoms with E-state index >= 15 is 0 Å². The van der Waals surface area contributed by atoms with E-state index in [9.17, 15) is 0 Å². The van der Waals surface area contributed by atoms with E-state index in [1.165, 1.54) is 0 Å². The molecule has 86 valence electrons. The summed E-state index contributed by atoms with van der Waals surface area (Å²) in [7, 11) is 0. The van der Waals surface area contributed by atoms with E-state index in [1.807, 2.05) is 24.3 Å². The number of para-hydroxylation sites is 1. The highest BCUT2D eigenvalue weighted by Crippen LogP contribution is 2.32. The van der Waals surface area contributed by atoms with Crippen molar-refractivity contribution in [3.8, 4) is 5.75 Å². The number of aliphatic hydroxyl groups excluding tert-OH is 1. The summed E-state index contributed by atoms with van der Waals surface area (Å²) in [5.41, 5.74) is 6.38. The molecule has 1 aromatic carbocycles. The molecule has 0 bridgehead atoms. The molecule has 0 amide bonds. The number of furan rings is 1. The van der Waals surface area contributed by atoms with Gasteiger partial charge < -0.3 is 20.0 Å². The third kappa shape index (κ3) is 2.03. The van der Waals surface area contributed by atoms with Crippen molar-refractivity contribution in [3.63, 3.8) is 0 Å². The Kier molecular flexibility index (Phi) is 3.44. The summed E-state index contributed by atoms with van der Waals surface area (Å²) in [5, 5.41) is 9.64. The van der Waals surface area contributed by atoms with E-state index < -0.39 is 0 Å². The molecule has 2 rings (SSSR count). The Morgan fingerprint density at radius 1 is 1.31 bits per heavy atom. The molecule has 0 unspecified atom stereocenters. The Bertz CT molecular complexity index is 464. The maximum absolute atomic E-state index is 8.71. The second-order valence-electron chi connectivity index (χ2n) is 3.48. The molecule has 4 nitrogen and oxygen atoms in total. The summed E-state index contributed by atoms with van der Waals surface area (Å²) >= 11 is 0. The first-order valence-corrected chi connectivity index (χ1v) is 5.31. The van der Waals surface area contributed by atoms with Gasteiger partial charge in [-0.2, -0.15) is 0 Å². The smallest absolute Gasteiger partial charge is 0.169 e. The van der Waals surface area contributed by atoms with Crippen LogP contribution in [0.15, 0.2) is 28.7 Å². The highest BCUT2D eigenvalue weighted by molar-refractivity contribution is 5.85. The summed E-state index contributed by atoms with van der Waals surface area (Å²) in [5.74, 6) is 1.35. The third-order valence-electron chi connectivity index (χ3n) is 2.35. The van der Waals surface area contributed by atoms with Crippen LogP contribution >= 0.6 is 0 Å². The highest BCUT2D eigenvalue weighted by Gasteiger charge is 2.13. The van der Waals surface area contributed by atoms with Gasteiger partial charge in [0.15, 0.2) is 11.5 Å². The maximum atomic E-state index is 8.71. The lowest BCUT2D eigenvalue weighted by Crippen LogP contribution is -2.03. The molecule has 0 radical (unpaired) electrons. The van der Waals surface area contributed by atoms with Crippen LogP contribution in [0.1, 0.15) is 12.2 Å². The van der Waals surface area contributed by atoms with Crippen LogP contribution in [0.2, 0.25) is 0 Å². The SMILES string of the molecule is NCc1oc2ccccc2c1OCCCO. The molecule has 2 aromatic rings. The lowest BCUT2D eigenvalue weighted by molar-refractivity contribution is 0.232. The molecule has 0 saturated heterocycles. The lowest BCUT2D eigenvalue weighted by atomic mass is 10.2. The highest BCUT2D eigenvalue weighted by atomic mass is 16.5. The molecule has 1 heterocycles. The zero-order valence-corrected chi connectivity index (χ0v) is 8.98. The van der Waals surface area contributed by atoms with Gasteiger partial charge in [-0.05, 0) is 12.1 Å². The maximum Gasteiger partial charge on any atom is 0.169 e. The summed E-state index contributed by atoms with van der Waals surface area (Å²) in [6, 6.07) is 7.65. The number of nitrogens with two attached hydrogens (primary N) is 1. The van der Waals surface area contributed by atoms with Crippen LogP contribution in [0.4, 0.5) is 0 Å². The molecule has 0 fully saturated rings. The van der Waals surface area contributed by atoms with Gasteiger partial charge in [-0.15, -0.1) is 0 Å². The second-order valence-corrected chi connectivity index (χ2v) is 3.48. The van der Waals surface area contributed by atoms with E-state index in [1.54, 1.807) is 0 Å². The van der Waals surface area contributed by atoms with E-state index in [2.05, 4.69) is 0 Å². The molecule has 0 aliphatic heterocycles. The van der Waals surface area contributed by atoms with Crippen LogP contribution in [0.3, 0.4) is 0 Å². The van der Waals surface area contributed by atoms with Crippen LogP contribution in [0, 0.1) is 0 Å². The fourth-order valence-electron chi connectivity index (χ4n) is 1.60. The van der Waals surface area contributed by atoms with Gasteiger partial charge in [0.2, 0.25) is 0 Å². The molecule has 0 atom stereocenters. The number of rotatable bonds is 5. The first kappa shape index (κ1) is 11.0. The van der Waals surface area contributed by atoms with Gasteiger partial charge in [0.05, 0.1) is 18.5 Å². The predicted octanol–water partition coefficient (Wildman–Crippen LogP) is 1.65. The standard InChI is InChI=1S/C12H15NO3/c13-8-11-12(15-7-3-6-14)9-4-1-2-5-10(9)16-11/h1-2,4-5,14H,3,6-8,13H2. The first-order chi connectivity index (χ1) is 7.86. The topological polar surface area (TPSA) is 68.6 Å². The van der Waals surface area contributed by atoms with Gasteiger partial charge in [0.1, 0.15) is 5.58 Å². The van der Waals surface area contributed by atoms with Gasteiger partial charge in [0.25, 0.3) is 0 Å². The lowest BCUT2D eigenvalue weighted by Gasteiger charge is -2.04. The van der Waals surface area contributed by atoms with Crippen molar-refractivity contribution in [1.29, 1.82) is 0 Å². The molecule has 0 aliphatic rings. The van der Waals surface area contributed by atoms with E-state index in [0.29, 0.717) is 31.1 Å². The van der Waals surface area contributed by atoms with Crippen molar-refractivity contribution >= 4 is 11.0 Å². The Hall–Kier alpha value is -1.52. The van der Waals surface area contributed by atoms with E-state index in [0.717, 1.165) is 11.0 Å². The normalized spacial score (nSPS) is 10.9. The van der Waals surface area contributed by atoms with Crippen LogP contribution < -0.4 is 10.5 Å².